The van der Waals surface area contributed by atoms with E-state index < -0.39 is 16.0 Å². The van der Waals surface area contributed by atoms with Gasteiger partial charge in [-0.1, -0.05) is 35.9 Å². The van der Waals surface area contributed by atoms with Crippen molar-refractivity contribution in [2.75, 3.05) is 25.0 Å². The molecular formula is C24H30N2O5S. The normalized spacial score (nSPS) is 15.3. The van der Waals surface area contributed by atoms with E-state index in [0.717, 1.165) is 11.1 Å². The summed E-state index contributed by atoms with van der Waals surface area (Å²) in [5.74, 6) is -0.907. The Morgan fingerprint density at radius 1 is 1.09 bits per heavy atom. The minimum atomic E-state index is -3.44. The molecule has 0 aliphatic carbocycles. The summed E-state index contributed by atoms with van der Waals surface area (Å²) in [7, 11) is -3.44. The molecule has 172 valence electrons. The molecule has 1 aliphatic heterocycles. The number of nitrogens with one attached hydrogen (secondary N) is 1. The first-order valence-corrected chi connectivity index (χ1v) is 12.4. The van der Waals surface area contributed by atoms with E-state index >= 15 is 0 Å². The quantitative estimate of drug-likeness (QED) is 0.639. The van der Waals surface area contributed by atoms with Gasteiger partial charge in [-0.15, -0.1) is 0 Å². The molecule has 2 aromatic carbocycles. The van der Waals surface area contributed by atoms with Gasteiger partial charge in [-0.05, 0) is 56.9 Å². The second-order valence-electron chi connectivity index (χ2n) is 8.11. The van der Waals surface area contributed by atoms with Gasteiger partial charge in [0.05, 0.1) is 17.9 Å². The number of aryl methyl sites for hydroxylation is 1. The number of carbonyl (C=O) groups is 2. The third-order valence-corrected chi connectivity index (χ3v) is 7.59. The molecule has 1 aliphatic rings. The lowest BCUT2D eigenvalue weighted by molar-refractivity contribution is -0.120. The van der Waals surface area contributed by atoms with Gasteiger partial charge in [-0.2, -0.15) is 0 Å². The van der Waals surface area contributed by atoms with Gasteiger partial charge < -0.3 is 10.1 Å². The SMILES string of the molecule is CCOC(=O)c1cccc(NC(=O)C2CCN(S(=O)(=O)Cc3cccc(C)c3)CC2)c1C. The summed E-state index contributed by atoms with van der Waals surface area (Å²) in [6.45, 7) is 6.35. The number of hydrogen-bond acceptors (Lipinski definition) is 5. The van der Waals surface area contributed by atoms with Gasteiger partial charge in [-0.3, -0.25) is 4.79 Å². The first-order valence-electron chi connectivity index (χ1n) is 10.8. The number of ether oxygens (including phenoxy) is 1. The van der Waals surface area contributed by atoms with Crippen LogP contribution < -0.4 is 5.32 Å². The number of hydrogen-bond donors (Lipinski definition) is 1. The maximum absolute atomic E-state index is 12.8. The lowest BCUT2D eigenvalue weighted by atomic mass is 9.96. The number of piperidine rings is 1. The molecule has 8 heteroatoms. The molecule has 2 aromatic rings. The van der Waals surface area contributed by atoms with Crippen LogP contribution in [0.2, 0.25) is 0 Å². The van der Waals surface area contributed by atoms with Gasteiger partial charge in [0.2, 0.25) is 15.9 Å². The molecular weight excluding hydrogens is 428 g/mol. The average molecular weight is 459 g/mol. The molecule has 7 nitrogen and oxygen atoms in total. The fourth-order valence-electron chi connectivity index (χ4n) is 3.94. The van der Waals surface area contributed by atoms with Crippen molar-refractivity contribution in [1.82, 2.24) is 4.31 Å². The summed E-state index contributed by atoms with van der Waals surface area (Å²) in [6.07, 6.45) is 0.908. The second-order valence-corrected chi connectivity index (χ2v) is 10.1. The van der Waals surface area contributed by atoms with Crippen molar-refractivity contribution < 1.29 is 22.7 Å². The van der Waals surface area contributed by atoms with Crippen LogP contribution in [0.5, 0.6) is 0 Å². The summed E-state index contributed by atoms with van der Waals surface area (Å²) >= 11 is 0. The first-order chi connectivity index (χ1) is 15.2. The molecule has 0 bridgehead atoms. The molecule has 0 aromatic heterocycles. The lowest BCUT2D eigenvalue weighted by Crippen LogP contribution is -2.42. The molecule has 1 fully saturated rings. The third kappa shape index (κ3) is 5.75. The second kappa shape index (κ2) is 10.3. The standard InChI is InChI=1S/C24H30N2O5S/c1-4-31-24(28)21-9-6-10-22(18(21)3)25-23(27)20-11-13-26(14-12-20)32(29,30)16-19-8-5-7-17(2)15-19/h5-10,15,20H,4,11-14,16H2,1-3H3,(H,25,27). The van der Waals surface area contributed by atoms with Crippen LogP contribution in [-0.4, -0.2) is 44.3 Å². The molecule has 0 saturated carbocycles. The Morgan fingerprint density at radius 2 is 1.78 bits per heavy atom. The summed E-state index contributed by atoms with van der Waals surface area (Å²) in [5, 5.41) is 2.90. The highest BCUT2D eigenvalue weighted by molar-refractivity contribution is 7.88. The minimum Gasteiger partial charge on any atom is -0.462 e. The van der Waals surface area contributed by atoms with Crippen LogP contribution in [0.25, 0.3) is 0 Å². The predicted octanol–water partition coefficient (Wildman–Crippen LogP) is 3.66. The Balaban J connectivity index is 1.60. The summed E-state index contributed by atoms with van der Waals surface area (Å²) in [6, 6.07) is 12.6. The first kappa shape index (κ1) is 23.9. The van der Waals surface area contributed by atoms with Gasteiger partial charge in [0, 0.05) is 24.7 Å². The number of rotatable bonds is 7. The zero-order valence-corrected chi connectivity index (χ0v) is 19.6. The predicted molar refractivity (Wildman–Crippen MR) is 124 cm³/mol. The van der Waals surface area contributed by atoms with Crippen LogP contribution in [0.15, 0.2) is 42.5 Å². The molecule has 0 unspecified atom stereocenters. The molecule has 0 spiro atoms. The van der Waals surface area contributed by atoms with Crippen LogP contribution >= 0.6 is 0 Å². The van der Waals surface area contributed by atoms with Gasteiger partial charge in [0.1, 0.15) is 0 Å². The van der Waals surface area contributed by atoms with E-state index in [1.807, 2.05) is 31.2 Å². The highest BCUT2D eigenvalue weighted by atomic mass is 32.2. The summed E-state index contributed by atoms with van der Waals surface area (Å²) in [5.41, 5.74) is 3.42. The number of carbonyl (C=O) groups excluding carboxylic acids is 2. The number of anilines is 1. The molecule has 3 rings (SSSR count). The van der Waals surface area contributed by atoms with E-state index in [-0.39, 0.29) is 24.2 Å². The number of amides is 1. The Bertz CT molecular complexity index is 1090. The topological polar surface area (TPSA) is 92.8 Å². The van der Waals surface area contributed by atoms with Gasteiger partial charge >= 0.3 is 5.97 Å². The number of esters is 1. The maximum atomic E-state index is 12.8. The van der Waals surface area contributed by atoms with Crippen LogP contribution in [0.3, 0.4) is 0 Å². The highest BCUT2D eigenvalue weighted by Crippen LogP contribution is 2.25. The van der Waals surface area contributed by atoms with Crippen molar-refractivity contribution in [2.45, 2.75) is 39.4 Å². The zero-order chi connectivity index (χ0) is 23.3. The van der Waals surface area contributed by atoms with Crippen molar-refractivity contribution in [1.29, 1.82) is 0 Å². The third-order valence-electron chi connectivity index (χ3n) is 5.74. The van der Waals surface area contributed by atoms with E-state index in [2.05, 4.69) is 5.32 Å². The van der Waals surface area contributed by atoms with Gasteiger partial charge in [0.25, 0.3) is 0 Å². The smallest absolute Gasteiger partial charge is 0.338 e. The Labute approximate surface area is 189 Å². The molecule has 0 atom stereocenters. The molecule has 0 radical (unpaired) electrons. The Kier molecular flexibility index (Phi) is 7.69. The zero-order valence-electron chi connectivity index (χ0n) is 18.8. The Hall–Kier alpha value is -2.71. The van der Waals surface area contributed by atoms with Crippen molar-refractivity contribution in [2.24, 2.45) is 5.92 Å². The van der Waals surface area contributed by atoms with E-state index in [4.69, 9.17) is 4.74 Å². The van der Waals surface area contributed by atoms with Crippen LogP contribution in [-0.2, 0) is 25.3 Å². The van der Waals surface area contributed by atoms with E-state index in [1.165, 1.54) is 4.31 Å². The average Bonchev–Trinajstić information content (AvgIpc) is 2.75. The fraction of sp³-hybridized carbons (Fsp3) is 0.417. The minimum absolute atomic E-state index is 0.0363. The molecule has 1 amide bonds. The monoisotopic (exact) mass is 458 g/mol. The van der Waals surface area contributed by atoms with Crippen molar-refractivity contribution >= 4 is 27.6 Å². The van der Waals surface area contributed by atoms with Gasteiger partial charge in [-0.25, -0.2) is 17.5 Å². The van der Waals surface area contributed by atoms with Crippen molar-refractivity contribution in [3.63, 3.8) is 0 Å². The fourth-order valence-corrected chi connectivity index (χ4v) is 5.49. The highest BCUT2D eigenvalue weighted by Gasteiger charge is 2.31. The summed E-state index contributed by atoms with van der Waals surface area (Å²) < 4.78 is 32.2. The molecule has 32 heavy (non-hydrogen) atoms. The Morgan fingerprint density at radius 3 is 2.44 bits per heavy atom. The largest absolute Gasteiger partial charge is 0.462 e. The van der Waals surface area contributed by atoms with Crippen LogP contribution in [0.1, 0.15) is 46.8 Å². The summed E-state index contributed by atoms with van der Waals surface area (Å²) in [4.78, 5) is 24.9. The molecule has 1 N–H and O–H groups in total. The maximum Gasteiger partial charge on any atom is 0.338 e. The van der Waals surface area contributed by atoms with E-state index in [0.29, 0.717) is 42.7 Å². The number of sulfonamides is 1. The lowest BCUT2D eigenvalue weighted by Gasteiger charge is -2.30. The van der Waals surface area contributed by atoms with E-state index in [9.17, 15) is 18.0 Å². The van der Waals surface area contributed by atoms with E-state index in [1.54, 1.807) is 32.0 Å². The number of benzene rings is 2. The van der Waals surface area contributed by atoms with Crippen molar-refractivity contribution in [3.8, 4) is 0 Å². The molecule has 1 saturated heterocycles. The number of nitrogens with zero attached hydrogens (tertiary/aromatic N) is 1. The van der Waals surface area contributed by atoms with Crippen molar-refractivity contribution in [3.05, 3.63) is 64.7 Å². The van der Waals surface area contributed by atoms with Crippen LogP contribution in [0, 0.1) is 19.8 Å². The van der Waals surface area contributed by atoms with Gasteiger partial charge in [0.15, 0.2) is 0 Å². The molecule has 1 heterocycles. The van der Waals surface area contributed by atoms with Crippen LogP contribution in [0.4, 0.5) is 5.69 Å².